The smallest absolute Gasteiger partial charge is 0.234 e. The number of rotatable bonds is 4. The molecule has 0 aliphatic rings. The maximum atomic E-state index is 12.3. The van der Waals surface area contributed by atoms with Gasteiger partial charge in [-0.3, -0.25) is 4.79 Å². The number of aromatic nitrogens is 4. The summed E-state index contributed by atoms with van der Waals surface area (Å²) in [6.07, 6.45) is 0. The molecular formula is C20H19N5OS. The Labute approximate surface area is 161 Å². The summed E-state index contributed by atoms with van der Waals surface area (Å²) in [6.45, 7) is 4.01. The molecule has 0 aliphatic heterocycles. The molecule has 4 aromatic rings. The van der Waals surface area contributed by atoms with E-state index in [1.54, 1.807) is 0 Å². The highest BCUT2D eigenvalue weighted by Crippen LogP contribution is 2.26. The first-order valence-corrected chi connectivity index (χ1v) is 9.59. The highest BCUT2D eigenvalue weighted by atomic mass is 32.2. The van der Waals surface area contributed by atoms with E-state index in [-0.39, 0.29) is 11.7 Å². The molecule has 0 spiro atoms. The number of carbonyl (C=O) groups is 1. The largest absolute Gasteiger partial charge is 0.327 e. The predicted octanol–water partition coefficient (Wildman–Crippen LogP) is 3.86. The first-order valence-electron chi connectivity index (χ1n) is 8.60. The van der Waals surface area contributed by atoms with Crippen LogP contribution in [0.15, 0.2) is 47.6 Å². The van der Waals surface area contributed by atoms with Gasteiger partial charge in [0.05, 0.1) is 11.3 Å². The normalized spacial score (nSPS) is 11.2. The van der Waals surface area contributed by atoms with Crippen molar-refractivity contribution in [3.8, 4) is 0 Å². The van der Waals surface area contributed by atoms with Crippen LogP contribution in [0.3, 0.4) is 0 Å². The first-order chi connectivity index (χ1) is 13.0. The number of nitrogens with zero attached hydrogens (tertiary/aromatic N) is 4. The van der Waals surface area contributed by atoms with E-state index in [2.05, 4.69) is 20.5 Å². The minimum Gasteiger partial charge on any atom is -0.327 e. The van der Waals surface area contributed by atoms with Crippen molar-refractivity contribution in [1.82, 2.24) is 19.7 Å². The van der Waals surface area contributed by atoms with Gasteiger partial charge in [-0.1, -0.05) is 47.7 Å². The summed E-state index contributed by atoms with van der Waals surface area (Å²) < 4.78 is 2.00. The van der Waals surface area contributed by atoms with Gasteiger partial charge in [-0.25, -0.2) is 4.98 Å². The molecule has 7 heteroatoms. The molecule has 0 saturated heterocycles. The zero-order valence-corrected chi connectivity index (χ0v) is 16.2. The standard InChI is InChI=1S/C20H19N5OS/c1-12-8-9-15(13(2)10-12)21-17(26)11-27-20-22-19-18(23-24-20)14-6-4-5-7-16(14)25(19)3/h4-10H,11H2,1-3H3,(H,21,26). The van der Waals surface area contributed by atoms with Crippen molar-refractivity contribution in [2.75, 3.05) is 11.1 Å². The fourth-order valence-corrected chi connectivity index (χ4v) is 3.71. The number of nitrogens with one attached hydrogen (secondary N) is 1. The lowest BCUT2D eigenvalue weighted by molar-refractivity contribution is -0.113. The number of aryl methyl sites for hydroxylation is 3. The molecule has 1 N–H and O–H groups in total. The van der Waals surface area contributed by atoms with Crippen LogP contribution in [0.4, 0.5) is 5.69 Å². The van der Waals surface area contributed by atoms with E-state index in [9.17, 15) is 4.79 Å². The molecule has 27 heavy (non-hydrogen) atoms. The fourth-order valence-electron chi connectivity index (χ4n) is 3.12. The van der Waals surface area contributed by atoms with Gasteiger partial charge in [-0.2, -0.15) is 0 Å². The number of thioether (sulfide) groups is 1. The van der Waals surface area contributed by atoms with Gasteiger partial charge in [0, 0.05) is 18.1 Å². The Balaban J connectivity index is 1.51. The van der Waals surface area contributed by atoms with Gasteiger partial charge < -0.3 is 9.88 Å². The fraction of sp³-hybridized carbons (Fsp3) is 0.200. The number of hydrogen-bond donors (Lipinski definition) is 1. The Morgan fingerprint density at radius 3 is 2.78 bits per heavy atom. The number of hydrogen-bond acceptors (Lipinski definition) is 5. The SMILES string of the molecule is Cc1ccc(NC(=O)CSc2nnc3c4ccccc4n(C)c3n2)c(C)c1. The molecule has 0 atom stereocenters. The number of fused-ring (bicyclic) bond motifs is 3. The van der Waals surface area contributed by atoms with Crippen molar-refractivity contribution in [3.05, 3.63) is 53.6 Å². The van der Waals surface area contributed by atoms with Crippen molar-refractivity contribution in [3.63, 3.8) is 0 Å². The lowest BCUT2D eigenvalue weighted by atomic mass is 10.1. The zero-order valence-electron chi connectivity index (χ0n) is 15.4. The van der Waals surface area contributed by atoms with Crippen LogP contribution < -0.4 is 5.32 Å². The highest BCUT2D eigenvalue weighted by Gasteiger charge is 2.13. The quantitative estimate of drug-likeness (QED) is 0.547. The Morgan fingerprint density at radius 2 is 1.96 bits per heavy atom. The third-order valence-electron chi connectivity index (χ3n) is 4.48. The van der Waals surface area contributed by atoms with Gasteiger partial charge in [0.1, 0.15) is 5.52 Å². The van der Waals surface area contributed by atoms with Gasteiger partial charge in [0.25, 0.3) is 0 Å². The summed E-state index contributed by atoms with van der Waals surface area (Å²) in [5, 5.41) is 13.0. The van der Waals surface area contributed by atoms with Crippen LogP contribution in [0.2, 0.25) is 0 Å². The van der Waals surface area contributed by atoms with Crippen LogP contribution in [0, 0.1) is 13.8 Å². The van der Waals surface area contributed by atoms with Crippen molar-refractivity contribution >= 4 is 45.4 Å². The van der Waals surface area contributed by atoms with Crippen LogP contribution in [-0.2, 0) is 11.8 Å². The van der Waals surface area contributed by atoms with E-state index >= 15 is 0 Å². The molecule has 136 valence electrons. The predicted molar refractivity (Wildman–Crippen MR) is 109 cm³/mol. The number of benzene rings is 2. The molecule has 0 fully saturated rings. The Kier molecular flexibility index (Phi) is 4.53. The number of carbonyl (C=O) groups excluding carboxylic acids is 1. The second kappa shape index (κ2) is 7.00. The molecule has 0 unspecified atom stereocenters. The molecule has 1 amide bonds. The second-order valence-electron chi connectivity index (χ2n) is 6.50. The summed E-state index contributed by atoms with van der Waals surface area (Å²) in [7, 11) is 1.96. The van der Waals surface area contributed by atoms with Gasteiger partial charge in [-0.15, -0.1) is 10.2 Å². The first kappa shape index (κ1) is 17.5. The third kappa shape index (κ3) is 3.38. The van der Waals surface area contributed by atoms with Crippen molar-refractivity contribution in [1.29, 1.82) is 0 Å². The maximum absolute atomic E-state index is 12.3. The third-order valence-corrected chi connectivity index (χ3v) is 5.31. The summed E-state index contributed by atoms with van der Waals surface area (Å²) in [6, 6.07) is 14.0. The molecule has 0 saturated carbocycles. The molecular weight excluding hydrogens is 358 g/mol. The zero-order chi connectivity index (χ0) is 19.0. The van der Waals surface area contributed by atoms with Gasteiger partial charge in [0.15, 0.2) is 5.65 Å². The lowest BCUT2D eigenvalue weighted by Crippen LogP contribution is -2.15. The van der Waals surface area contributed by atoms with E-state index in [0.29, 0.717) is 5.16 Å². The van der Waals surface area contributed by atoms with Crippen LogP contribution in [0.25, 0.3) is 22.1 Å². The Morgan fingerprint density at radius 1 is 1.15 bits per heavy atom. The maximum Gasteiger partial charge on any atom is 0.234 e. The minimum atomic E-state index is -0.0901. The van der Waals surface area contributed by atoms with Gasteiger partial charge in [0.2, 0.25) is 11.1 Å². The topological polar surface area (TPSA) is 72.7 Å². The van der Waals surface area contributed by atoms with Crippen molar-refractivity contribution < 1.29 is 4.79 Å². The Bertz CT molecular complexity index is 1170. The molecule has 2 heterocycles. The average Bonchev–Trinajstić information content (AvgIpc) is 2.95. The number of amides is 1. The molecule has 6 nitrogen and oxygen atoms in total. The van der Waals surface area contributed by atoms with E-state index in [1.807, 2.05) is 67.9 Å². The van der Waals surface area contributed by atoms with Crippen LogP contribution in [-0.4, -0.2) is 31.4 Å². The number of para-hydroxylation sites is 1. The molecule has 0 aliphatic carbocycles. The van der Waals surface area contributed by atoms with Crippen molar-refractivity contribution in [2.45, 2.75) is 19.0 Å². The number of anilines is 1. The minimum absolute atomic E-state index is 0.0901. The van der Waals surface area contributed by atoms with Crippen LogP contribution >= 0.6 is 11.8 Å². The molecule has 0 radical (unpaired) electrons. The van der Waals surface area contributed by atoms with E-state index in [1.165, 1.54) is 17.3 Å². The molecule has 4 rings (SSSR count). The van der Waals surface area contributed by atoms with E-state index in [0.717, 1.165) is 33.3 Å². The summed E-state index contributed by atoms with van der Waals surface area (Å²) in [5.41, 5.74) is 5.64. The van der Waals surface area contributed by atoms with Gasteiger partial charge >= 0.3 is 0 Å². The molecule has 2 aromatic carbocycles. The van der Waals surface area contributed by atoms with Crippen molar-refractivity contribution in [2.24, 2.45) is 7.05 Å². The van der Waals surface area contributed by atoms with Gasteiger partial charge in [-0.05, 0) is 31.5 Å². The summed E-state index contributed by atoms with van der Waals surface area (Å²) in [4.78, 5) is 16.9. The lowest BCUT2D eigenvalue weighted by Gasteiger charge is -2.08. The summed E-state index contributed by atoms with van der Waals surface area (Å²) >= 11 is 1.28. The van der Waals surface area contributed by atoms with E-state index < -0.39 is 0 Å². The second-order valence-corrected chi connectivity index (χ2v) is 7.44. The van der Waals surface area contributed by atoms with E-state index in [4.69, 9.17) is 0 Å². The van der Waals surface area contributed by atoms with Crippen LogP contribution in [0.1, 0.15) is 11.1 Å². The highest BCUT2D eigenvalue weighted by molar-refractivity contribution is 7.99. The molecule has 0 bridgehead atoms. The average molecular weight is 377 g/mol. The molecule has 2 aromatic heterocycles. The Hall–Kier alpha value is -2.93. The monoisotopic (exact) mass is 377 g/mol. The summed E-state index contributed by atoms with van der Waals surface area (Å²) in [5.74, 6) is 0.137. The van der Waals surface area contributed by atoms with Crippen LogP contribution in [0.5, 0.6) is 0 Å².